The van der Waals surface area contributed by atoms with Crippen LogP contribution in [0.1, 0.15) is 12.8 Å². The summed E-state index contributed by atoms with van der Waals surface area (Å²) in [5.74, 6) is -4.44. The highest BCUT2D eigenvalue weighted by molar-refractivity contribution is 5.34. The number of rotatable bonds is 0. The summed E-state index contributed by atoms with van der Waals surface area (Å²) in [5.41, 5.74) is -4.91. The number of halogens is 8. The van der Waals surface area contributed by atoms with Crippen LogP contribution in [0.4, 0.5) is 35.1 Å². The van der Waals surface area contributed by atoms with E-state index in [4.69, 9.17) is 0 Å². The summed E-state index contributed by atoms with van der Waals surface area (Å²) in [4.78, 5) is 0. The normalized spacial score (nSPS) is 22.4. The first-order chi connectivity index (χ1) is 6.46. The van der Waals surface area contributed by atoms with E-state index >= 15 is 0 Å². The van der Waals surface area contributed by atoms with Crippen molar-refractivity contribution in [2.24, 2.45) is 0 Å². The standard InChI is InChI=1S/C7H4F8/c8-5(9)2-1-3(6(10,11)12)4(5)7(13,14)15/h1-2H2. The minimum absolute atomic E-state index is 1.30. The Balaban J connectivity index is 3.31. The maximum absolute atomic E-state index is 12.6. The van der Waals surface area contributed by atoms with Crippen molar-refractivity contribution in [3.05, 3.63) is 11.1 Å². The SMILES string of the molecule is FC(F)(F)C1=C(C(F)(F)F)C(F)(F)CC1. The Labute approximate surface area is 78.6 Å². The first kappa shape index (κ1) is 12.3. The average Bonchev–Trinajstić information content (AvgIpc) is 2.21. The molecule has 0 spiro atoms. The summed E-state index contributed by atoms with van der Waals surface area (Å²) in [7, 11) is 0. The molecule has 0 saturated carbocycles. The fraction of sp³-hybridized carbons (Fsp3) is 0.714. The molecular formula is C7H4F8. The van der Waals surface area contributed by atoms with Crippen LogP contribution >= 0.6 is 0 Å². The third-order valence-corrected chi connectivity index (χ3v) is 1.98. The first-order valence-corrected chi connectivity index (χ1v) is 3.72. The van der Waals surface area contributed by atoms with Crippen LogP contribution in [0.15, 0.2) is 11.1 Å². The van der Waals surface area contributed by atoms with Gasteiger partial charge in [0, 0.05) is 12.0 Å². The van der Waals surface area contributed by atoms with E-state index in [-0.39, 0.29) is 0 Å². The molecule has 0 nitrogen and oxygen atoms in total. The van der Waals surface area contributed by atoms with Gasteiger partial charge in [0.2, 0.25) is 0 Å². The molecule has 0 heterocycles. The molecule has 0 aliphatic heterocycles. The molecule has 0 saturated heterocycles. The third-order valence-electron chi connectivity index (χ3n) is 1.98. The zero-order chi connectivity index (χ0) is 12.1. The zero-order valence-electron chi connectivity index (χ0n) is 6.94. The van der Waals surface area contributed by atoms with Gasteiger partial charge < -0.3 is 0 Å². The Morgan fingerprint density at radius 3 is 1.60 bits per heavy atom. The number of allylic oxidation sites excluding steroid dienone is 2. The molecule has 0 aromatic heterocycles. The molecule has 1 rings (SSSR count). The minimum atomic E-state index is -5.65. The van der Waals surface area contributed by atoms with E-state index in [2.05, 4.69) is 0 Å². The van der Waals surface area contributed by atoms with E-state index in [1.165, 1.54) is 0 Å². The molecule has 0 N–H and O–H groups in total. The molecule has 1 aliphatic carbocycles. The van der Waals surface area contributed by atoms with Gasteiger partial charge in [0.1, 0.15) is 5.57 Å². The van der Waals surface area contributed by atoms with Gasteiger partial charge in [0.25, 0.3) is 5.92 Å². The molecule has 8 heteroatoms. The van der Waals surface area contributed by atoms with E-state index in [1.807, 2.05) is 0 Å². The second-order valence-electron chi connectivity index (χ2n) is 3.05. The van der Waals surface area contributed by atoms with Crippen LogP contribution in [0.25, 0.3) is 0 Å². The fourth-order valence-electron chi connectivity index (χ4n) is 1.41. The van der Waals surface area contributed by atoms with Crippen molar-refractivity contribution >= 4 is 0 Å². The lowest BCUT2D eigenvalue weighted by Crippen LogP contribution is -2.29. The van der Waals surface area contributed by atoms with Crippen molar-refractivity contribution in [3.8, 4) is 0 Å². The molecule has 0 atom stereocenters. The second kappa shape index (κ2) is 3.08. The van der Waals surface area contributed by atoms with Gasteiger partial charge in [-0.2, -0.15) is 26.3 Å². The quantitative estimate of drug-likeness (QED) is 0.445. The lowest BCUT2D eigenvalue weighted by molar-refractivity contribution is -0.136. The smallest absolute Gasteiger partial charge is 0.201 e. The number of hydrogen-bond donors (Lipinski definition) is 0. The molecule has 1 aliphatic rings. The summed E-state index contributed by atoms with van der Waals surface area (Å²) in [6, 6.07) is 0. The van der Waals surface area contributed by atoms with E-state index in [1.54, 1.807) is 0 Å². The molecule has 0 amide bonds. The van der Waals surface area contributed by atoms with Crippen LogP contribution in [0, 0.1) is 0 Å². The molecular weight excluding hydrogens is 236 g/mol. The highest BCUT2D eigenvalue weighted by atomic mass is 19.4. The topological polar surface area (TPSA) is 0 Å². The zero-order valence-corrected chi connectivity index (χ0v) is 6.94. The molecule has 0 bridgehead atoms. The monoisotopic (exact) mass is 240 g/mol. The second-order valence-corrected chi connectivity index (χ2v) is 3.05. The fourth-order valence-corrected chi connectivity index (χ4v) is 1.41. The number of alkyl halides is 8. The predicted molar refractivity (Wildman–Crippen MR) is 33.3 cm³/mol. The van der Waals surface area contributed by atoms with E-state index in [0.29, 0.717) is 0 Å². The molecule has 0 radical (unpaired) electrons. The molecule has 0 aromatic carbocycles. The van der Waals surface area contributed by atoms with Crippen LogP contribution in [0.2, 0.25) is 0 Å². The lowest BCUT2D eigenvalue weighted by atomic mass is 10.1. The summed E-state index contributed by atoms with van der Waals surface area (Å²) in [5, 5.41) is 0. The van der Waals surface area contributed by atoms with Gasteiger partial charge >= 0.3 is 12.4 Å². The average molecular weight is 240 g/mol. The van der Waals surface area contributed by atoms with Crippen LogP contribution < -0.4 is 0 Å². The van der Waals surface area contributed by atoms with Crippen molar-refractivity contribution < 1.29 is 35.1 Å². The Morgan fingerprint density at radius 2 is 1.33 bits per heavy atom. The Hall–Kier alpha value is -0.820. The van der Waals surface area contributed by atoms with Gasteiger partial charge in [-0.25, -0.2) is 8.78 Å². The van der Waals surface area contributed by atoms with Crippen molar-refractivity contribution in [2.45, 2.75) is 31.1 Å². The van der Waals surface area contributed by atoms with Crippen molar-refractivity contribution in [2.75, 3.05) is 0 Å². The maximum Gasteiger partial charge on any atom is 0.418 e. The van der Waals surface area contributed by atoms with Crippen LogP contribution in [0.5, 0.6) is 0 Å². The Morgan fingerprint density at radius 1 is 0.867 bits per heavy atom. The van der Waals surface area contributed by atoms with Crippen LogP contribution in [-0.4, -0.2) is 18.3 Å². The van der Waals surface area contributed by atoms with Crippen LogP contribution in [0.3, 0.4) is 0 Å². The Bertz CT molecular complexity index is 291. The number of hydrogen-bond acceptors (Lipinski definition) is 0. The van der Waals surface area contributed by atoms with E-state index in [9.17, 15) is 35.1 Å². The highest BCUT2D eigenvalue weighted by Crippen LogP contribution is 2.52. The summed E-state index contributed by atoms with van der Waals surface area (Å²) < 4.78 is 97.2. The van der Waals surface area contributed by atoms with Gasteiger partial charge in [-0.15, -0.1) is 0 Å². The summed E-state index contributed by atoms with van der Waals surface area (Å²) in [6.07, 6.45) is -13.8. The minimum Gasteiger partial charge on any atom is -0.201 e. The van der Waals surface area contributed by atoms with Gasteiger partial charge in [0.05, 0.1) is 0 Å². The van der Waals surface area contributed by atoms with Gasteiger partial charge in [-0.3, -0.25) is 0 Å². The predicted octanol–water partition coefficient (Wildman–Crippen LogP) is 3.84. The maximum atomic E-state index is 12.6. The first-order valence-electron chi connectivity index (χ1n) is 3.72. The van der Waals surface area contributed by atoms with Crippen molar-refractivity contribution in [1.82, 2.24) is 0 Å². The van der Waals surface area contributed by atoms with E-state index < -0.39 is 42.3 Å². The van der Waals surface area contributed by atoms with Gasteiger partial charge in [-0.1, -0.05) is 0 Å². The molecule has 88 valence electrons. The summed E-state index contributed by atoms with van der Waals surface area (Å²) >= 11 is 0. The molecule has 0 fully saturated rings. The highest BCUT2D eigenvalue weighted by Gasteiger charge is 2.59. The van der Waals surface area contributed by atoms with Crippen molar-refractivity contribution in [1.29, 1.82) is 0 Å². The van der Waals surface area contributed by atoms with Crippen LogP contribution in [-0.2, 0) is 0 Å². The van der Waals surface area contributed by atoms with Gasteiger partial charge in [0.15, 0.2) is 0 Å². The van der Waals surface area contributed by atoms with Gasteiger partial charge in [-0.05, 0) is 6.42 Å². The molecule has 0 unspecified atom stereocenters. The Kier molecular flexibility index (Phi) is 2.52. The molecule has 15 heavy (non-hydrogen) atoms. The lowest BCUT2D eigenvalue weighted by Gasteiger charge is -2.18. The van der Waals surface area contributed by atoms with E-state index in [0.717, 1.165) is 0 Å². The largest absolute Gasteiger partial charge is 0.418 e. The summed E-state index contributed by atoms with van der Waals surface area (Å²) in [6.45, 7) is 0. The molecule has 0 aromatic rings. The third kappa shape index (κ3) is 2.23. The van der Waals surface area contributed by atoms with Crippen molar-refractivity contribution in [3.63, 3.8) is 0 Å².